The first kappa shape index (κ1) is 15.1. The van der Waals surface area contributed by atoms with Crippen molar-refractivity contribution in [3.8, 4) is 0 Å². The third kappa shape index (κ3) is 3.06. The van der Waals surface area contributed by atoms with E-state index >= 15 is 0 Å². The number of Topliss-reactive ketones (excluding diaryl/α,β-unsaturated/α-hetero) is 1. The molecule has 0 saturated heterocycles. The van der Waals surface area contributed by atoms with Gasteiger partial charge in [-0.05, 0) is 48.9 Å². The molecule has 20 heavy (non-hydrogen) atoms. The first-order valence-electron chi connectivity index (χ1n) is 6.99. The quantitative estimate of drug-likeness (QED) is 0.842. The van der Waals surface area contributed by atoms with E-state index in [-0.39, 0.29) is 17.8 Å². The van der Waals surface area contributed by atoms with Crippen LogP contribution < -0.4 is 0 Å². The maximum Gasteiger partial charge on any atom is 0.169 e. The zero-order valence-electron chi connectivity index (χ0n) is 11.9. The van der Waals surface area contributed by atoms with Crippen molar-refractivity contribution in [3.63, 3.8) is 0 Å². The van der Waals surface area contributed by atoms with Gasteiger partial charge in [0, 0.05) is 13.5 Å². The molecular weight excluding hydrogens is 262 g/mol. The molecule has 2 rings (SSSR count). The molecule has 0 amide bonds. The number of halogens is 2. The molecule has 0 radical (unpaired) electrons. The maximum atomic E-state index is 13.6. The molecule has 0 aromatic heterocycles. The molecule has 1 aromatic rings. The molecule has 0 heterocycles. The molecular formula is C16H20F2O2. The largest absolute Gasteiger partial charge is 0.370 e. The van der Waals surface area contributed by atoms with Gasteiger partial charge in [0.1, 0.15) is 17.2 Å². The first-order chi connectivity index (χ1) is 9.47. The zero-order valence-corrected chi connectivity index (χ0v) is 11.9. The van der Waals surface area contributed by atoms with Crippen LogP contribution in [-0.2, 0) is 16.0 Å². The second-order valence-corrected chi connectivity index (χ2v) is 5.74. The third-order valence-electron chi connectivity index (χ3n) is 4.21. The molecule has 0 bridgehead atoms. The minimum absolute atomic E-state index is 0.102. The smallest absolute Gasteiger partial charge is 0.169 e. The van der Waals surface area contributed by atoms with Crippen molar-refractivity contribution in [1.82, 2.24) is 0 Å². The summed E-state index contributed by atoms with van der Waals surface area (Å²) in [4.78, 5) is 12.5. The fraction of sp³-hybridized carbons (Fsp3) is 0.562. The summed E-state index contributed by atoms with van der Waals surface area (Å²) in [6.07, 6.45) is 3.19. The first-order valence-corrected chi connectivity index (χ1v) is 6.99. The van der Waals surface area contributed by atoms with Crippen LogP contribution in [0.4, 0.5) is 8.78 Å². The maximum absolute atomic E-state index is 13.6. The number of methoxy groups -OCH3 is 1. The summed E-state index contributed by atoms with van der Waals surface area (Å²) in [5.74, 6) is -0.825. The van der Waals surface area contributed by atoms with Crippen LogP contribution in [0.5, 0.6) is 0 Å². The van der Waals surface area contributed by atoms with Gasteiger partial charge in [-0.1, -0.05) is 13.3 Å². The Morgan fingerprint density at radius 3 is 2.85 bits per heavy atom. The molecule has 0 aliphatic heterocycles. The third-order valence-corrected chi connectivity index (χ3v) is 4.21. The molecule has 110 valence electrons. The van der Waals surface area contributed by atoms with Crippen molar-refractivity contribution in [2.75, 3.05) is 7.11 Å². The minimum atomic E-state index is -0.837. The highest BCUT2D eigenvalue weighted by molar-refractivity contribution is 5.89. The van der Waals surface area contributed by atoms with E-state index in [4.69, 9.17) is 4.74 Å². The van der Waals surface area contributed by atoms with Crippen LogP contribution in [0.3, 0.4) is 0 Å². The molecule has 1 aliphatic carbocycles. The van der Waals surface area contributed by atoms with E-state index in [9.17, 15) is 13.6 Å². The highest BCUT2D eigenvalue weighted by Crippen LogP contribution is 2.36. The Morgan fingerprint density at radius 2 is 2.20 bits per heavy atom. The molecule has 2 nitrogen and oxygen atoms in total. The number of carbonyl (C=O) groups is 1. The molecule has 2 unspecified atom stereocenters. The van der Waals surface area contributed by atoms with E-state index < -0.39 is 17.2 Å². The van der Waals surface area contributed by atoms with Crippen LogP contribution in [0.25, 0.3) is 0 Å². The van der Waals surface area contributed by atoms with E-state index in [1.165, 1.54) is 7.11 Å². The summed E-state index contributed by atoms with van der Waals surface area (Å²) in [6.45, 7) is 2.09. The van der Waals surface area contributed by atoms with Crippen LogP contribution >= 0.6 is 0 Å². The number of ketones is 1. The van der Waals surface area contributed by atoms with Gasteiger partial charge in [0.25, 0.3) is 0 Å². The second kappa shape index (κ2) is 6.00. The average molecular weight is 282 g/mol. The zero-order chi connectivity index (χ0) is 14.8. The summed E-state index contributed by atoms with van der Waals surface area (Å²) < 4.78 is 32.3. The lowest BCUT2D eigenvalue weighted by atomic mass is 9.75. The summed E-state index contributed by atoms with van der Waals surface area (Å²) in [5.41, 5.74) is -0.735. The number of benzene rings is 1. The van der Waals surface area contributed by atoms with Crippen LogP contribution in [0.15, 0.2) is 18.2 Å². The number of hydrogen-bond donors (Lipinski definition) is 0. The van der Waals surface area contributed by atoms with E-state index in [0.717, 1.165) is 31.0 Å². The predicted molar refractivity (Wildman–Crippen MR) is 72.4 cm³/mol. The normalized spacial score (nSPS) is 26.5. The molecule has 1 aliphatic rings. The molecule has 0 N–H and O–H groups in total. The molecule has 0 spiro atoms. The Labute approximate surface area is 118 Å². The van der Waals surface area contributed by atoms with Crippen LogP contribution in [0.2, 0.25) is 0 Å². The molecule has 1 aromatic carbocycles. The Kier molecular flexibility index (Phi) is 4.53. The number of rotatable bonds is 4. The van der Waals surface area contributed by atoms with Gasteiger partial charge >= 0.3 is 0 Å². The van der Waals surface area contributed by atoms with Gasteiger partial charge in [-0.25, -0.2) is 8.78 Å². The van der Waals surface area contributed by atoms with Gasteiger partial charge in [-0.15, -0.1) is 0 Å². The lowest BCUT2D eigenvalue weighted by Crippen LogP contribution is -2.45. The summed E-state index contributed by atoms with van der Waals surface area (Å²) in [7, 11) is 1.53. The van der Waals surface area contributed by atoms with Crippen molar-refractivity contribution >= 4 is 5.78 Å². The van der Waals surface area contributed by atoms with Gasteiger partial charge in [-0.2, -0.15) is 0 Å². The monoisotopic (exact) mass is 282 g/mol. The fourth-order valence-electron chi connectivity index (χ4n) is 3.07. The van der Waals surface area contributed by atoms with Crippen molar-refractivity contribution < 1.29 is 18.3 Å². The van der Waals surface area contributed by atoms with Crippen molar-refractivity contribution in [2.45, 2.75) is 44.6 Å². The molecule has 1 saturated carbocycles. The highest BCUT2D eigenvalue weighted by Gasteiger charge is 2.41. The van der Waals surface area contributed by atoms with E-state index in [1.807, 2.05) is 0 Å². The summed E-state index contributed by atoms with van der Waals surface area (Å²) in [6, 6.07) is 3.20. The van der Waals surface area contributed by atoms with Gasteiger partial charge < -0.3 is 4.74 Å². The van der Waals surface area contributed by atoms with E-state index in [1.54, 1.807) is 0 Å². The van der Waals surface area contributed by atoms with Gasteiger partial charge in [-0.3, -0.25) is 4.79 Å². The van der Waals surface area contributed by atoms with Gasteiger partial charge in [0.15, 0.2) is 5.78 Å². The van der Waals surface area contributed by atoms with Crippen LogP contribution in [-0.4, -0.2) is 18.5 Å². The number of hydrogen-bond acceptors (Lipinski definition) is 2. The topological polar surface area (TPSA) is 26.3 Å². The summed E-state index contributed by atoms with van der Waals surface area (Å²) in [5, 5.41) is 0. The lowest BCUT2D eigenvalue weighted by Gasteiger charge is -2.37. The van der Waals surface area contributed by atoms with Gasteiger partial charge in [0.05, 0.1) is 0 Å². The Morgan fingerprint density at radius 1 is 1.45 bits per heavy atom. The average Bonchev–Trinajstić information content (AvgIpc) is 2.42. The van der Waals surface area contributed by atoms with Crippen LogP contribution in [0, 0.1) is 17.6 Å². The second-order valence-electron chi connectivity index (χ2n) is 5.74. The van der Waals surface area contributed by atoms with E-state index in [0.29, 0.717) is 18.8 Å². The number of carbonyl (C=O) groups excluding carboxylic acids is 1. The SMILES string of the molecule is COC1(C(=O)Cc2cc(F)ccc2F)CCCC(C)C1. The minimum Gasteiger partial charge on any atom is -0.370 e. The Bertz CT molecular complexity index is 501. The Hall–Kier alpha value is -1.29. The predicted octanol–water partition coefficient (Wildman–Crippen LogP) is 3.67. The molecule has 4 heteroatoms. The molecule has 2 atom stereocenters. The highest BCUT2D eigenvalue weighted by atomic mass is 19.1. The van der Waals surface area contributed by atoms with Crippen LogP contribution in [0.1, 0.15) is 38.2 Å². The van der Waals surface area contributed by atoms with Crippen molar-refractivity contribution in [3.05, 3.63) is 35.4 Å². The van der Waals surface area contributed by atoms with Gasteiger partial charge in [0.2, 0.25) is 0 Å². The number of ether oxygens (including phenoxy) is 1. The van der Waals surface area contributed by atoms with Crippen molar-refractivity contribution in [1.29, 1.82) is 0 Å². The summed E-state index contributed by atoms with van der Waals surface area (Å²) >= 11 is 0. The van der Waals surface area contributed by atoms with E-state index in [2.05, 4.69) is 6.92 Å². The van der Waals surface area contributed by atoms with Crippen molar-refractivity contribution in [2.24, 2.45) is 5.92 Å². The molecule has 1 fully saturated rings. The Balaban J connectivity index is 2.19. The standard InChI is InChI=1S/C16H20F2O2/c1-11-4-3-7-16(10-11,20-2)15(19)9-12-8-13(17)5-6-14(12)18/h5-6,8,11H,3-4,7,9-10H2,1-2H3. The fourth-order valence-corrected chi connectivity index (χ4v) is 3.07. The lowest BCUT2D eigenvalue weighted by molar-refractivity contribution is -0.146.